The Morgan fingerprint density at radius 1 is 1.00 bits per heavy atom. The number of nitrogens with zero attached hydrogens (tertiary/aromatic N) is 1. The molecule has 0 aliphatic carbocycles. The summed E-state index contributed by atoms with van der Waals surface area (Å²) in [5, 5.41) is 3.45. The standard InChI is InChI=1S/C22H17N3O2S/c1-13-16(19(26)14-8-4-2-5-9-14)12-17-18(23)20(28-22(17)24-13)21(27)25-15-10-6-3-7-11-15/h2-12H,23H2,1H3,(H,25,27). The number of nitrogens with one attached hydrogen (secondary N) is 1. The monoisotopic (exact) mass is 387 g/mol. The van der Waals surface area contributed by atoms with Gasteiger partial charge in [0, 0.05) is 22.2 Å². The van der Waals surface area contributed by atoms with Gasteiger partial charge in [0.1, 0.15) is 9.71 Å². The number of carbonyl (C=O) groups is 2. The third-order valence-electron chi connectivity index (χ3n) is 4.43. The summed E-state index contributed by atoms with van der Waals surface area (Å²) in [5.74, 6) is -0.409. The number of aromatic nitrogens is 1. The van der Waals surface area contributed by atoms with Crippen LogP contribution in [0, 0.1) is 6.92 Å². The van der Waals surface area contributed by atoms with E-state index >= 15 is 0 Å². The Morgan fingerprint density at radius 3 is 2.32 bits per heavy atom. The fourth-order valence-electron chi connectivity index (χ4n) is 2.98. The van der Waals surface area contributed by atoms with Crippen LogP contribution in [-0.4, -0.2) is 16.7 Å². The average Bonchev–Trinajstić information content (AvgIpc) is 3.04. The van der Waals surface area contributed by atoms with Crippen LogP contribution >= 0.6 is 11.3 Å². The predicted octanol–water partition coefficient (Wildman–Crippen LogP) is 4.67. The number of rotatable bonds is 4. The second-order valence-electron chi connectivity index (χ2n) is 6.33. The molecule has 0 spiro atoms. The minimum Gasteiger partial charge on any atom is -0.397 e. The molecule has 3 N–H and O–H groups in total. The van der Waals surface area contributed by atoms with Crippen LogP contribution in [0.15, 0.2) is 66.7 Å². The van der Waals surface area contributed by atoms with Crippen molar-refractivity contribution < 1.29 is 9.59 Å². The molecule has 4 rings (SSSR count). The van der Waals surface area contributed by atoms with Crippen molar-refractivity contribution in [2.45, 2.75) is 6.92 Å². The highest BCUT2D eigenvalue weighted by molar-refractivity contribution is 7.21. The first-order valence-corrected chi connectivity index (χ1v) is 9.52. The lowest BCUT2D eigenvalue weighted by Crippen LogP contribution is -2.11. The van der Waals surface area contributed by atoms with Crippen molar-refractivity contribution in [3.63, 3.8) is 0 Å². The van der Waals surface area contributed by atoms with Crippen LogP contribution in [0.1, 0.15) is 31.3 Å². The lowest BCUT2D eigenvalue weighted by Gasteiger charge is -2.05. The summed E-state index contributed by atoms with van der Waals surface area (Å²) >= 11 is 1.22. The van der Waals surface area contributed by atoms with Gasteiger partial charge in [-0.25, -0.2) is 4.98 Å². The van der Waals surface area contributed by atoms with Crippen LogP contribution in [0.3, 0.4) is 0 Å². The quantitative estimate of drug-likeness (QED) is 0.498. The average molecular weight is 387 g/mol. The van der Waals surface area contributed by atoms with Gasteiger partial charge in [-0.15, -0.1) is 11.3 Å². The lowest BCUT2D eigenvalue weighted by atomic mass is 10.0. The molecule has 2 heterocycles. The van der Waals surface area contributed by atoms with E-state index in [4.69, 9.17) is 5.73 Å². The predicted molar refractivity (Wildman–Crippen MR) is 113 cm³/mol. The van der Waals surface area contributed by atoms with Gasteiger partial charge in [0.05, 0.1) is 11.4 Å². The van der Waals surface area contributed by atoms with Gasteiger partial charge < -0.3 is 11.1 Å². The van der Waals surface area contributed by atoms with E-state index in [-0.39, 0.29) is 11.7 Å². The summed E-state index contributed by atoms with van der Waals surface area (Å²) in [6, 6.07) is 19.9. The molecule has 1 amide bonds. The molecule has 138 valence electrons. The Hall–Kier alpha value is -3.51. The number of benzene rings is 2. The summed E-state index contributed by atoms with van der Waals surface area (Å²) < 4.78 is 0. The second-order valence-corrected chi connectivity index (χ2v) is 7.33. The summed E-state index contributed by atoms with van der Waals surface area (Å²) in [7, 11) is 0. The largest absolute Gasteiger partial charge is 0.397 e. The number of nitrogen functional groups attached to an aromatic ring is 1. The second kappa shape index (κ2) is 7.25. The maximum atomic E-state index is 12.8. The molecule has 5 nitrogen and oxygen atoms in total. The molecule has 0 aliphatic rings. The first-order valence-electron chi connectivity index (χ1n) is 8.70. The molecule has 2 aromatic carbocycles. The molecule has 4 aromatic rings. The molecule has 0 saturated carbocycles. The number of hydrogen-bond donors (Lipinski definition) is 2. The van der Waals surface area contributed by atoms with Crippen LogP contribution in [0.2, 0.25) is 0 Å². The topological polar surface area (TPSA) is 85.1 Å². The summed E-state index contributed by atoms with van der Waals surface area (Å²) in [4.78, 5) is 31.1. The third kappa shape index (κ3) is 3.25. The van der Waals surface area contributed by atoms with Crippen LogP contribution in [0.25, 0.3) is 10.2 Å². The minimum atomic E-state index is -0.291. The van der Waals surface area contributed by atoms with Gasteiger partial charge in [0.25, 0.3) is 5.91 Å². The van der Waals surface area contributed by atoms with Crippen molar-refractivity contribution in [3.8, 4) is 0 Å². The normalized spacial score (nSPS) is 10.8. The van der Waals surface area contributed by atoms with Gasteiger partial charge >= 0.3 is 0 Å². The number of nitrogens with two attached hydrogens (primary N) is 1. The number of para-hydroxylation sites is 1. The molecular formula is C22H17N3O2S. The number of amides is 1. The van der Waals surface area contributed by atoms with Gasteiger partial charge in [-0.2, -0.15) is 0 Å². The molecule has 6 heteroatoms. The summed E-state index contributed by atoms with van der Waals surface area (Å²) in [6.45, 7) is 1.79. The zero-order chi connectivity index (χ0) is 19.7. The first kappa shape index (κ1) is 17.9. The third-order valence-corrected chi connectivity index (χ3v) is 5.54. The number of anilines is 2. The Bertz CT molecular complexity index is 1180. The van der Waals surface area contributed by atoms with Crippen molar-refractivity contribution in [1.29, 1.82) is 0 Å². The fraction of sp³-hybridized carbons (Fsp3) is 0.0455. The zero-order valence-corrected chi connectivity index (χ0v) is 15.9. The number of carbonyl (C=O) groups excluding carboxylic acids is 2. The fourth-order valence-corrected chi connectivity index (χ4v) is 4.00. The maximum Gasteiger partial charge on any atom is 0.267 e. The van der Waals surface area contributed by atoms with E-state index < -0.39 is 0 Å². The smallest absolute Gasteiger partial charge is 0.267 e. The van der Waals surface area contributed by atoms with E-state index in [1.54, 1.807) is 37.3 Å². The number of pyridine rings is 1. The number of fused-ring (bicyclic) bond motifs is 1. The Balaban J connectivity index is 1.73. The molecule has 0 aliphatic heterocycles. The van der Waals surface area contributed by atoms with Gasteiger partial charge in [0.15, 0.2) is 5.78 Å². The maximum absolute atomic E-state index is 12.8. The van der Waals surface area contributed by atoms with Crippen molar-refractivity contribution in [2.75, 3.05) is 11.1 Å². The number of thiophene rings is 1. The minimum absolute atomic E-state index is 0.117. The molecule has 28 heavy (non-hydrogen) atoms. The van der Waals surface area contributed by atoms with Gasteiger partial charge in [0.2, 0.25) is 0 Å². The molecule has 0 unspecified atom stereocenters. The molecule has 2 aromatic heterocycles. The van der Waals surface area contributed by atoms with Crippen LogP contribution in [0.4, 0.5) is 11.4 Å². The summed E-state index contributed by atoms with van der Waals surface area (Å²) in [6.07, 6.45) is 0. The molecule has 0 atom stereocenters. The van der Waals surface area contributed by atoms with Crippen LogP contribution in [-0.2, 0) is 0 Å². The zero-order valence-electron chi connectivity index (χ0n) is 15.1. The van der Waals surface area contributed by atoms with Gasteiger partial charge in [-0.05, 0) is 25.1 Å². The highest BCUT2D eigenvalue weighted by atomic mass is 32.1. The first-order chi connectivity index (χ1) is 13.5. The van der Waals surface area contributed by atoms with E-state index in [1.165, 1.54) is 11.3 Å². The molecule has 0 radical (unpaired) electrons. The SMILES string of the molecule is Cc1nc2sc(C(=O)Nc3ccccc3)c(N)c2cc1C(=O)c1ccccc1. The van der Waals surface area contributed by atoms with Gasteiger partial charge in [-0.3, -0.25) is 9.59 Å². The van der Waals surface area contributed by atoms with Crippen molar-refractivity contribution in [2.24, 2.45) is 0 Å². The van der Waals surface area contributed by atoms with Crippen molar-refractivity contribution in [1.82, 2.24) is 4.98 Å². The van der Waals surface area contributed by atoms with E-state index in [2.05, 4.69) is 10.3 Å². The Kier molecular flexibility index (Phi) is 4.63. The Labute approximate surface area is 165 Å². The highest BCUT2D eigenvalue weighted by Gasteiger charge is 2.21. The van der Waals surface area contributed by atoms with E-state index in [0.29, 0.717) is 43.3 Å². The van der Waals surface area contributed by atoms with Crippen molar-refractivity contribution >= 4 is 44.6 Å². The van der Waals surface area contributed by atoms with E-state index in [9.17, 15) is 9.59 Å². The van der Waals surface area contributed by atoms with Crippen LogP contribution < -0.4 is 11.1 Å². The lowest BCUT2D eigenvalue weighted by molar-refractivity contribution is 0.102. The van der Waals surface area contributed by atoms with E-state index in [0.717, 1.165) is 0 Å². The highest BCUT2D eigenvalue weighted by Crippen LogP contribution is 2.34. The van der Waals surface area contributed by atoms with E-state index in [1.807, 2.05) is 36.4 Å². The molecular weight excluding hydrogens is 370 g/mol. The molecule has 0 fully saturated rings. The van der Waals surface area contributed by atoms with Crippen LogP contribution in [0.5, 0.6) is 0 Å². The number of hydrogen-bond acceptors (Lipinski definition) is 5. The summed E-state index contributed by atoms with van der Waals surface area (Å²) in [5.41, 5.74) is 8.95. The number of ketones is 1. The molecule has 0 bridgehead atoms. The Morgan fingerprint density at radius 2 is 1.64 bits per heavy atom. The van der Waals surface area contributed by atoms with Gasteiger partial charge in [-0.1, -0.05) is 48.5 Å². The molecule has 0 saturated heterocycles. The van der Waals surface area contributed by atoms with Crippen molar-refractivity contribution in [3.05, 3.63) is 88.4 Å². The number of aryl methyl sites for hydroxylation is 1.